The number of methoxy groups -OCH3 is 1. The van der Waals surface area contributed by atoms with Gasteiger partial charge in [-0.1, -0.05) is 13.8 Å². The predicted octanol–water partition coefficient (Wildman–Crippen LogP) is 2.39. The van der Waals surface area contributed by atoms with Crippen LogP contribution in [0.15, 0.2) is 0 Å². The van der Waals surface area contributed by atoms with Gasteiger partial charge in [0, 0.05) is 0 Å². The van der Waals surface area contributed by atoms with E-state index in [1.165, 1.54) is 13.5 Å². The smallest absolute Gasteiger partial charge is 0.307 e. The number of hydrogen-bond donors (Lipinski definition) is 0. The van der Waals surface area contributed by atoms with Crippen LogP contribution in [0, 0.1) is 11.8 Å². The van der Waals surface area contributed by atoms with Crippen molar-refractivity contribution in [2.45, 2.75) is 45.6 Å². The zero-order chi connectivity index (χ0) is 11.3. The predicted molar refractivity (Wildman–Crippen MR) is 58.6 cm³/mol. The van der Waals surface area contributed by atoms with E-state index in [4.69, 9.17) is 4.74 Å². The third-order valence-corrected chi connectivity index (χ3v) is 3.44. The Morgan fingerprint density at radius 2 is 2.00 bits per heavy atom. The van der Waals surface area contributed by atoms with Crippen molar-refractivity contribution in [3.8, 4) is 0 Å². The van der Waals surface area contributed by atoms with E-state index in [0.29, 0.717) is 19.1 Å². The number of hydrogen-bond acceptors (Lipinski definition) is 3. The summed E-state index contributed by atoms with van der Waals surface area (Å²) in [6.45, 7) is 5.08. The highest BCUT2D eigenvalue weighted by Gasteiger charge is 2.24. The number of carbonyl (C=O) groups excluding carboxylic acids is 1. The van der Waals surface area contributed by atoms with Crippen molar-refractivity contribution in [3.63, 3.8) is 0 Å². The Morgan fingerprint density at radius 3 is 2.60 bits per heavy atom. The molecule has 88 valence electrons. The van der Waals surface area contributed by atoms with Gasteiger partial charge in [0.05, 0.1) is 26.2 Å². The summed E-state index contributed by atoms with van der Waals surface area (Å²) in [6.07, 6.45) is 4.22. The van der Waals surface area contributed by atoms with Crippen molar-refractivity contribution >= 4 is 5.97 Å². The molecule has 0 aromatic rings. The van der Waals surface area contributed by atoms with Crippen LogP contribution in [-0.2, 0) is 14.3 Å². The SMILES string of the molecule is COC(=O)CCOC1CCC(C)C(C)C1. The van der Waals surface area contributed by atoms with Gasteiger partial charge >= 0.3 is 5.97 Å². The van der Waals surface area contributed by atoms with Crippen LogP contribution in [0.25, 0.3) is 0 Å². The summed E-state index contributed by atoms with van der Waals surface area (Å²) in [6, 6.07) is 0. The van der Waals surface area contributed by atoms with Gasteiger partial charge in [-0.3, -0.25) is 4.79 Å². The second-order valence-electron chi connectivity index (χ2n) is 4.59. The standard InChI is InChI=1S/C12H22O3/c1-9-4-5-11(8-10(9)2)15-7-6-12(13)14-3/h9-11H,4-8H2,1-3H3. The van der Waals surface area contributed by atoms with Crippen LogP contribution in [0.3, 0.4) is 0 Å². The summed E-state index contributed by atoms with van der Waals surface area (Å²) in [4.78, 5) is 10.9. The number of carbonyl (C=O) groups is 1. The summed E-state index contributed by atoms with van der Waals surface area (Å²) in [7, 11) is 1.41. The molecule has 1 aliphatic carbocycles. The van der Waals surface area contributed by atoms with Crippen molar-refractivity contribution < 1.29 is 14.3 Å². The fourth-order valence-electron chi connectivity index (χ4n) is 2.06. The monoisotopic (exact) mass is 214 g/mol. The highest BCUT2D eigenvalue weighted by atomic mass is 16.5. The number of esters is 1. The van der Waals surface area contributed by atoms with Crippen molar-refractivity contribution in [1.82, 2.24) is 0 Å². The van der Waals surface area contributed by atoms with Gasteiger partial charge in [-0.05, 0) is 31.1 Å². The number of rotatable bonds is 4. The minimum Gasteiger partial charge on any atom is -0.469 e. The topological polar surface area (TPSA) is 35.5 Å². The second kappa shape index (κ2) is 6.11. The average molecular weight is 214 g/mol. The van der Waals surface area contributed by atoms with Crippen LogP contribution in [0.1, 0.15) is 39.5 Å². The van der Waals surface area contributed by atoms with E-state index in [9.17, 15) is 4.79 Å². The molecule has 3 nitrogen and oxygen atoms in total. The molecule has 0 bridgehead atoms. The fraction of sp³-hybridized carbons (Fsp3) is 0.917. The maximum atomic E-state index is 10.9. The lowest BCUT2D eigenvalue weighted by Crippen LogP contribution is -2.27. The maximum Gasteiger partial charge on any atom is 0.307 e. The van der Waals surface area contributed by atoms with Crippen molar-refractivity contribution in [3.05, 3.63) is 0 Å². The van der Waals surface area contributed by atoms with Crippen LogP contribution in [-0.4, -0.2) is 25.8 Å². The van der Waals surface area contributed by atoms with Gasteiger partial charge in [0.1, 0.15) is 0 Å². The molecule has 1 aliphatic rings. The third kappa shape index (κ3) is 4.20. The molecule has 0 radical (unpaired) electrons. The van der Waals surface area contributed by atoms with Gasteiger partial charge in [-0.15, -0.1) is 0 Å². The summed E-state index contributed by atoms with van der Waals surface area (Å²) in [5.41, 5.74) is 0. The quantitative estimate of drug-likeness (QED) is 0.674. The molecular weight excluding hydrogens is 192 g/mol. The van der Waals surface area contributed by atoms with Crippen LogP contribution in [0.4, 0.5) is 0 Å². The molecule has 0 aromatic carbocycles. The molecule has 3 atom stereocenters. The second-order valence-corrected chi connectivity index (χ2v) is 4.59. The highest BCUT2D eigenvalue weighted by Crippen LogP contribution is 2.30. The van der Waals surface area contributed by atoms with Gasteiger partial charge < -0.3 is 9.47 Å². The van der Waals surface area contributed by atoms with E-state index in [-0.39, 0.29) is 5.97 Å². The first-order valence-electron chi connectivity index (χ1n) is 5.82. The van der Waals surface area contributed by atoms with Gasteiger partial charge in [0.2, 0.25) is 0 Å². The average Bonchev–Trinajstić information content (AvgIpc) is 2.23. The highest BCUT2D eigenvalue weighted by molar-refractivity contribution is 5.69. The van der Waals surface area contributed by atoms with E-state index in [1.54, 1.807) is 0 Å². The molecule has 0 amide bonds. The molecule has 0 aliphatic heterocycles. The molecule has 1 rings (SSSR count). The molecule has 0 aromatic heterocycles. The molecule has 0 heterocycles. The fourth-order valence-corrected chi connectivity index (χ4v) is 2.06. The zero-order valence-corrected chi connectivity index (χ0v) is 9.99. The molecule has 0 spiro atoms. The first-order valence-corrected chi connectivity index (χ1v) is 5.82. The number of ether oxygens (including phenoxy) is 2. The third-order valence-electron chi connectivity index (χ3n) is 3.44. The van der Waals surface area contributed by atoms with Crippen LogP contribution in [0.2, 0.25) is 0 Å². The minimum atomic E-state index is -0.188. The lowest BCUT2D eigenvalue weighted by atomic mass is 9.80. The Balaban J connectivity index is 2.14. The van der Waals surface area contributed by atoms with Gasteiger partial charge in [-0.25, -0.2) is 0 Å². The van der Waals surface area contributed by atoms with Crippen molar-refractivity contribution in [2.75, 3.05) is 13.7 Å². The van der Waals surface area contributed by atoms with E-state index in [0.717, 1.165) is 24.7 Å². The lowest BCUT2D eigenvalue weighted by Gasteiger charge is -2.31. The van der Waals surface area contributed by atoms with E-state index in [2.05, 4.69) is 18.6 Å². The first-order chi connectivity index (χ1) is 7.13. The Labute approximate surface area is 92.1 Å². The summed E-state index contributed by atoms with van der Waals surface area (Å²) < 4.78 is 10.2. The first kappa shape index (κ1) is 12.5. The van der Waals surface area contributed by atoms with Gasteiger partial charge in [0.25, 0.3) is 0 Å². The van der Waals surface area contributed by atoms with E-state index < -0.39 is 0 Å². The molecule has 1 saturated carbocycles. The zero-order valence-electron chi connectivity index (χ0n) is 9.99. The maximum absolute atomic E-state index is 10.9. The minimum absolute atomic E-state index is 0.188. The van der Waals surface area contributed by atoms with Crippen LogP contribution < -0.4 is 0 Å². The molecule has 15 heavy (non-hydrogen) atoms. The van der Waals surface area contributed by atoms with Crippen molar-refractivity contribution in [2.24, 2.45) is 11.8 Å². The normalized spacial score (nSPS) is 31.3. The van der Waals surface area contributed by atoms with Crippen LogP contribution >= 0.6 is 0 Å². The van der Waals surface area contributed by atoms with Crippen LogP contribution in [0.5, 0.6) is 0 Å². The lowest BCUT2D eigenvalue weighted by molar-refractivity contribution is -0.142. The molecule has 3 heteroatoms. The van der Waals surface area contributed by atoms with E-state index >= 15 is 0 Å². The summed E-state index contributed by atoms with van der Waals surface area (Å²) in [5, 5.41) is 0. The van der Waals surface area contributed by atoms with Gasteiger partial charge in [-0.2, -0.15) is 0 Å². The molecule has 0 N–H and O–H groups in total. The molecule has 0 saturated heterocycles. The Hall–Kier alpha value is -0.570. The summed E-state index contributed by atoms with van der Waals surface area (Å²) in [5.74, 6) is 1.36. The van der Waals surface area contributed by atoms with Crippen molar-refractivity contribution in [1.29, 1.82) is 0 Å². The Morgan fingerprint density at radius 1 is 1.27 bits per heavy atom. The largest absolute Gasteiger partial charge is 0.469 e. The molecule has 3 unspecified atom stereocenters. The van der Waals surface area contributed by atoms with E-state index in [1.807, 2.05) is 0 Å². The Kier molecular flexibility index (Phi) is 5.09. The molecule has 1 fully saturated rings. The summed E-state index contributed by atoms with van der Waals surface area (Å²) >= 11 is 0. The molecular formula is C12H22O3. The van der Waals surface area contributed by atoms with Gasteiger partial charge in [0.15, 0.2) is 0 Å². The Bertz CT molecular complexity index is 203.